The maximum absolute atomic E-state index is 13.3. The predicted molar refractivity (Wildman–Crippen MR) is 137 cm³/mol. The van der Waals surface area contributed by atoms with Gasteiger partial charge in [0.15, 0.2) is 5.65 Å². The Morgan fingerprint density at radius 3 is 2.53 bits per heavy atom. The third kappa shape index (κ3) is 4.31. The van der Waals surface area contributed by atoms with E-state index in [-0.39, 0.29) is 23.9 Å². The molecule has 1 saturated carbocycles. The Labute approximate surface area is 212 Å². The Kier molecular flexibility index (Phi) is 5.65. The largest absolute Gasteiger partial charge is 0.388 e. The highest BCUT2D eigenvalue weighted by Gasteiger charge is 2.39. The zero-order valence-electron chi connectivity index (χ0n) is 19.7. The van der Waals surface area contributed by atoms with Crippen molar-refractivity contribution in [1.29, 1.82) is 0 Å². The van der Waals surface area contributed by atoms with Crippen LogP contribution in [0, 0.1) is 5.92 Å². The summed E-state index contributed by atoms with van der Waals surface area (Å²) < 4.78 is 3.10. The average molecular weight is 504 g/mol. The maximum atomic E-state index is 13.3. The second kappa shape index (κ2) is 8.87. The topological polar surface area (TPSA) is 93.2 Å². The van der Waals surface area contributed by atoms with Crippen molar-refractivity contribution in [2.45, 2.75) is 37.8 Å². The molecule has 0 atom stereocenters. The molecule has 0 radical (unpaired) electrons. The van der Waals surface area contributed by atoms with E-state index in [1.54, 1.807) is 4.68 Å². The highest BCUT2D eigenvalue weighted by molar-refractivity contribution is 6.30. The second-order valence-electron chi connectivity index (χ2n) is 9.86. The molecule has 0 spiro atoms. The van der Waals surface area contributed by atoms with E-state index in [4.69, 9.17) is 11.6 Å². The van der Waals surface area contributed by atoms with Gasteiger partial charge in [0.25, 0.3) is 5.56 Å². The van der Waals surface area contributed by atoms with Gasteiger partial charge in [0.05, 0.1) is 24.0 Å². The highest BCUT2D eigenvalue weighted by Crippen LogP contribution is 2.33. The van der Waals surface area contributed by atoms with Crippen LogP contribution in [0.2, 0.25) is 5.02 Å². The van der Waals surface area contributed by atoms with Crippen LogP contribution in [-0.2, 0) is 11.3 Å². The molecule has 3 heterocycles. The zero-order valence-corrected chi connectivity index (χ0v) is 20.4. The molecule has 0 unspecified atom stereocenters. The molecule has 9 heteroatoms. The van der Waals surface area contributed by atoms with E-state index in [9.17, 15) is 14.7 Å². The number of hydrogen-bond acceptors (Lipinski definition) is 5. The van der Waals surface area contributed by atoms with E-state index in [2.05, 4.69) is 10.1 Å². The molecule has 2 aromatic heterocycles. The van der Waals surface area contributed by atoms with Crippen molar-refractivity contribution in [3.05, 3.63) is 76.4 Å². The number of nitrogens with zero attached hydrogens (tertiary/aromatic N) is 5. The van der Waals surface area contributed by atoms with E-state index >= 15 is 0 Å². The minimum absolute atomic E-state index is 0.135. The fourth-order valence-corrected chi connectivity index (χ4v) is 5.13. The van der Waals surface area contributed by atoms with Gasteiger partial charge in [-0.3, -0.25) is 14.2 Å². The number of benzene rings is 2. The highest BCUT2D eigenvalue weighted by atomic mass is 35.5. The van der Waals surface area contributed by atoms with Gasteiger partial charge in [-0.15, -0.1) is 0 Å². The van der Waals surface area contributed by atoms with Gasteiger partial charge in [-0.25, -0.2) is 9.67 Å². The van der Waals surface area contributed by atoms with Crippen molar-refractivity contribution in [1.82, 2.24) is 24.2 Å². The molecular formula is C27H26ClN5O3. The quantitative estimate of drug-likeness (QED) is 0.448. The van der Waals surface area contributed by atoms with Crippen LogP contribution in [0.4, 0.5) is 0 Å². The number of carbonyl (C=O) groups is 1. The number of hydrogen-bond donors (Lipinski definition) is 1. The second-order valence-corrected chi connectivity index (χ2v) is 10.3. The molecule has 2 aliphatic rings. The summed E-state index contributed by atoms with van der Waals surface area (Å²) in [6.45, 7) is 1.16. The predicted octanol–water partition coefficient (Wildman–Crippen LogP) is 3.67. The van der Waals surface area contributed by atoms with Gasteiger partial charge in [0.2, 0.25) is 5.91 Å². The molecule has 6 rings (SSSR count). The Bertz CT molecular complexity index is 1520. The smallest absolute Gasteiger partial charge is 0.264 e. The van der Waals surface area contributed by atoms with Gasteiger partial charge >= 0.3 is 0 Å². The monoisotopic (exact) mass is 503 g/mol. The molecule has 36 heavy (non-hydrogen) atoms. The van der Waals surface area contributed by atoms with Crippen LogP contribution in [0.25, 0.3) is 27.8 Å². The summed E-state index contributed by atoms with van der Waals surface area (Å²) in [5.74, 6) is 0.372. The van der Waals surface area contributed by atoms with Gasteiger partial charge in [0, 0.05) is 24.0 Å². The van der Waals surface area contributed by atoms with Gasteiger partial charge in [-0.2, -0.15) is 5.10 Å². The van der Waals surface area contributed by atoms with Crippen molar-refractivity contribution in [2.75, 3.05) is 13.1 Å². The lowest BCUT2D eigenvalue weighted by atomic mass is 9.91. The van der Waals surface area contributed by atoms with Crippen molar-refractivity contribution >= 4 is 28.5 Å². The van der Waals surface area contributed by atoms with Crippen LogP contribution >= 0.6 is 11.6 Å². The first-order valence-electron chi connectivity index (χ1n) is 12.2. The van der Waals surface area contributed by atoms with Crippen LogP contribution in [-0.4, -0.2) is 53.9 Å². The number of carbonyl (C=O) groups excluding carboxylic acids is 1. The number of aromatic nitrogens is 4. The molecule has 1 saturated heterocycles. The Hall–Kier alpha value is -3.49. The zero-order chi connectivity index (χ0) is 24.9. The number of halogens is 1. The molecular weight excluding hydrogens is 478 g/mol. The van der Waals surface area contributed by atoms with E-state index in [1.807, 2.05) is 53.4 Å². The summed E-state index contributed by atoms with van der Waals surface area (Å²) in [5.41, 5.74) is 1.88. The van der Waals surface area contributed by atoms with Crippen molar-refractivity contribution in [3.8, 4) is 16.8 Å². The van der Waals surface area contributed by atoms with Gasteiger partial charge < -0.3 is 10.0 Å². The fraction of sp³-hybridized carbons (Fsp3) is 0.333. The molecule has 1 aliphatic carbocycles. The number of rotatable bonds is 5. The molecule has 184 valence electrons. The minimum atomic E-state index is -1.05. The van der Waals surface area contributed by atoms with Crippen molar-refractivity contribution in [2.24, 2.45) is 5.92 Å². The lowest BCUT2D eigenvalue weighted by Gasteiger charge is -2.38. The molecule has 0 bridgehead atoms. The minimum Gasteiger partial charge on any atom is -0.388 e. The summed E-state index contributed by atoms with van der Waals surface area (Å²) >= 11 is 6.16. The van der Waals surface area contributed by atoms with E-state index in [0.717, 1.165) is 29.7 Å². The first kappa shape index (κ1) is 22.9. The summed E-state index contributed by atoms with van der Waals surface area (Å²) in [5, 5.41) is 16.6. The third-order valence-corrected chi connectivity index (χ3v) is 7.44. The molecule has 1 aliphatic heterocycles. The van der Waals surface area contributed by atoms with Gasteiger partial charge in [0.1, 0.15) is 11.7 Å². The van der Waals surface area contributed by atoms with E-state index < -0.39 is 5.60 Å². The van der Waals surface area contributed by atoms with Crippen LogP contribution in [0.3, 0.4) is 0 Å². The van der Waals surface area contributed by atoms with Crippen LogP contribution < -0.4 is 5.56 Å². The van der Waals surface area contributed by atoms with Crippen molar-refractivity contribution < 1.29 is 9.90 Å². The number of amides is 1. The number of piperidine rings is 1. The molecule has 1 amide bonds. The van der Waals surface area contributed by atoms with E-state index in [0.29, 0.717) is 42.0 Å². The SMILES string of the molecule is O=C(C1CC1)N1CCC(O)(Cn2cnc3c(cnn3-c3cccc(-c4cccc(Cl)c4)c3)c2=O)CC1. The first-order valence-corrected chi connectivity index (χ1v) is 12.6. The molecule has 4 aromatic rings. The normalized spacial score (nSPS) is 17.4. The number of likely N-dealkylation sites (tertiary alicyclic amines) is 1. The Balaban J connectivity index is 1.25. The summed E-state index contributed by atoms with van der Waals surface area (Å²) in [4.78, 5) is 32.0. The lowest BCUT2D eigenvalue weighted by molar-refractivity contribution is -0.137. The maximum Gasteiger partial charge on any atom is 0.264 e. The van der Waals surface area contributed by atoms with Gasteiger partial charge in [-0.05, 0) is 61.1 Å². The van der Waals surface area contributed by atoms with E-state index in [1.165, 1.54) is 17.1 Å². The number of aliphatic hydroxyl groups is 1. The van der Waals surface area contributed by atoms with Crippen LogP contribution in [0.1, 0.15) is 25.7 Å². The molecule has 1 N–H and O–H groups in total. The molecule has 8 nitrogen and oxygen atoms in total. The lowest BCUT2D eigenvalue weighted by Crippen LogP contribution is -2.50. The summed E-state index contributed by atoms with van der Waals surface area (Å²) in [6, 6.07) is 15.4. The average Bonchev–Trinajstić information content (AvgIpc) is 3.64. The molecule has 2 aromatic carbocycles. The van der Waals surface area contributed by atoms with Crippen LogP contribution in [0.15, 0.2) is 65.8 Å². The summed E-state index contributed by atoms with van der Waals surface area (Å²) in [6.07, 6.45) is 5.81. The third-order valence-electron chi connectivity index (χ3n) is 7.20. The Morgan fingerprint density at radius 1 is 1.08 bits per heavy atom. The molecule has 2 fully saturated rings. The van der Waals surface area contributed by atoms with Crippen LogP contribution in [0.5, 0.6) is 0 Å². The first-order chi connectivity index (χ1) is 17.4. The summed E-state index contributed by atoms with van der Waals surface area (Å²) in [7, 11) is 0. The van der Waals surface area contributed by atoms with Gasteiger partial charge in [-0.1, -0.05) is 35.9 Å². The Morgan fingerprint density at radius 2 is 1.81 bits per heavy atom. The standard InChI is InChI=1S/C27H26ClN5O3/c28-21-5-1-3-19(13-21)20-4-2-6-22(14-20)33-24-23(15-30-33)26(35)32(17-29-24)16-27(36)9-11-31(12-10-27)25(34)18-7-8-18/h1-6,13-15,17-18,36H,7-12,16H2. The fourth-order valence-electron chi connectivity index (χ4n) is 4.94. The van der Waals surface area contributed by atoms with Crippen molar-refractivity contribution in [3.63, 3.8) is 0 Å². The number of fused-ring (bicyclic) bond motifs is 1.